The Balaban J connectivity index is 2.41. The van der Waals surface area contributed by atoms with Crippen LogP contribution in [0.4, 0.5) is 0 Å². The van der Waals surface area contributed by atoms with Crippen molar-refractivity contribution >= 4 is 35.8 Å². The van der Waals surface area contributed by atoms with Crippen molar-refractivity contribution in [2.24, 2.45) is 23.2 Å². The van der Waals surface area contributed by atoms with Crippen molar-refractivity contribution in [1.82, 2.24) is 0 Å². The minimum atomic E-state index is -2.26. The average molecular weight is 651 g/mol. The first kappa shape index (κ1) is 36.7. The summed E-state index contributed by atoms with van der Waals surface area (Å²) in [7, 11) is 0. The molecule has 0 aromatic carbocycles. The van der Waals surface area contributed by atoms with Crippen LogP contribution in [0.2, 0.25) is 0 Å². The van der Waals surface area contributed by atoms with E-state index in [0.29, 0.717) is 5.57 Å². The van der Waals surface area contributed by atoms with Crippen molar-refractivity contribution in [3.05, 3.63) is 23.8 Å². The molecule has 46 heavy (non-hydrogen) atoms. The molecule has 0 radical (unpaired) electrons. The van der Waals surface area contributed by atoms with E-state index in [-0.39, 0.29) is 37.2 Å². The Morgan fingerprint density at radius 3 is 2.09 bits per heavy atom. The minimum absolute atomic E-state index is 0.0242. The van der Waals surface area contributed by atoms with Crippen LogP contribution in [0.25, 0.3) is 0 Å². The fraction of sp³-hybridized carbons (Fsp3) is 0.697. The van der Waals surface area contributed by atoms with Gasteiger partial charge in [0, 0.05) is 52.0 Å². The molecule has 9 atom stereocenters. The van der Waals surface area contributed by atoms with Crippen LogP contribution >= 0.6 is 0 Å². The normalized spacial score (nSPS) is 34.2. The van der Waals surface area contributed by atoms with Crippen molar-refractivity contribution in [3.63, 3.8) is 0 Å². The van der Waals surface area contributed by atoms with E-state index in [4.69, 9.17) is 28.4 Å². The molecule has 2 aliphatic carbocycles. The highest BCUT2D eigenvalue weighted by Crippen LogP contribution is 2.56. The third-order valence-corrected chi connectivity index (χ3v) is 9.13. The molecule has 1 saturated heterocycles. The largest absolute Gasteiger partial charge is 0.462 e. The fourth-order valence-electron chi connectivity index (χ4n) is 7.00. The van der Waals surface area contributed by atoms with Crippen molar-refractivity contribution in [2.75, 3.05) is 6.61 Å². The lowest BCUT2D eigenvalue weighted by Gasteiger charge is -2.55. The number of hydrogen-bond acceptors (Lipinski definition) is 13. The van der Waals surface area contributed by atoms with E-state index in [2.05, 4.69) is 6.58 Å². The number of fused-ring (bicyclic) bond motifs is 2. The van der Waals surface area contributed by atoms with E-state index >= 15 is 0 Å². The highest BCUT2D eigenvalue weighted by Gasteiger charge is 2.68. The van der Waals surface area contributed by atoms with Gasteiger partial charge >= 0.3 is 35.8 Å². The summed E-state index contributed by atoms with van der Waals surface area (Å²) in [5.74, 6) is -6.60. The molecule has 13 heteroatoms. The van der Waals surface area contributed by atoms with E-state index in [9.17, 15) is 33.9 Å². The first-order valence-corrected chi connectivity index (χ1v) is 15.5. The monoisotopic (exact) mass is 650 g/mol. The Labute approximate surface area is 268 Å². The van der Waals surface area contributed by atoms with Gasteiger partial charge in [-0.1, -0.05) is 32.9 Å². The first-order valence-electron chi connectivity index (χ1n) is 15.5. The van der Waals surface area contributed by atoms with E-state index in [0.717, 1.165) is 6.92 Å². The van der Waals surface area contributed by atoms with Crippen LogP contribution in [0.15, 0.2) is 23.8 Å². The predicted molar refractivity (Wildman–Crippen MR) is 159 cm³/mol. The summed E-state index contributed by atoms with van der Waals surface area (Å²) in [5, 5.41) is 12.6. The lowest BCUT2D eigenvalue weighted by Crippen LogP contribution is -2.66. The molecule has 0 bridgehead atoms. The zero-order chi connectivity index (χ0) is 34.7. The van der Waals surface area contributed by atoms with Gasteiger partial charge in [0.25, 0.3) is 0 Å². The summed E-state index contributed by atoms with van der Waals surface area (Å²) >= 11 is 0. The highest BCUT2D eigenvalue weighted by atomic mass is 16.6. The van der Waals surface area contributed by atoms with Gasteiger partial charge in [-0.05, 0) is 31.8 Å². The van der Waals surface area contributed by atoms with Gasteiger partial charge in [-0.2, -0.15) is 0 Å². The second kappa shape index (κ2) is 14.4. The van der Waals surface area contributed by atoms with Gasteiger partial charge in [0.05, 0.1) is 11.3 Å². The second-order valence-corrected chi connectivity index (χ2v) is 13.1. The fourth-order valence-corrected chi connectivity index (χ4v) is 7.00. The lowest BCUT2D eigenvalue weighted by atomic mass is 9.54. The van der Waals surface area contributed by atoms with Gasteiger partial charge in [-0.15, -0.1) is 0 Å². The van der Waals surface area contributed by atoms with Crippen LogP contribution in [0, 0.1) is 23.2 Å². The van der Waals surface area contributed by atoms with Crippen molar-refractivity contribution in [1.29, 1.82) is 0 Å². The Morgan fingerprint density at radius 2 is 1.54 bits per heavy atom. The van der Waals surface area contributed by atoms with Crippen LogP contribution in [0.5, 0.6) is 0 Å². The van der Waals surface area contributed by atoms with Gasteiger partial charge in [0.1, 0.15) is 31.0 Å². The van der Waals surface area contributed by atoms with Gasteiger partial charge in [0.2, 0.25) is 0 Å². The summed E-state index contributed by atoms with van der Waals surface area (Å²) in [6.45, 7) is 15.2. The maximum atomic E-state index is 13.2. The van der Waals surface area contributed by atoms with Crippen molar-refractivity contribution in [3.8, 4) is 0 Å². The molecule has 0 aromatic rings. The first-order chi connectivity index (χ1) is 21.3. The molecule has 0 aromatic heterocycles. The number of esters is 6. The standard InChI is InChI=1S/C33H46O13/c1-16(2)12-28(38)41-15-23-13-27-33(40,18(4)31(39)46-27)30(45-22(8)37)29-17(3)10-11-25(43-20(6)35)32(29,9)26(44-21(7)36)14-24(23)42-19(5)34/h13,16,18,24-27,29-30,40H,3,10-12,14-15H2,1-2,4-9H3/t18-,24+,25-,26-,27-,29+,30-,32+,33-/m0/s1. The molecule has 2 fully saturated rings. The van der Waals surface area contributed by atoms with E-state index in [1.54, 1.807) is 6.92 Å². The van der Waals surface area contributed by atoms with Gasteiger partial charge in [0.15, 0.2) is 11.7 Å². The molecule has 1 aliphatic heterocycles. The Bertz CT molecular complexity index is 1280. The molecule has 1 N–H and O–H groups in total. The third kappa shape index (κ3) is 7.62. The van der Waals surface area contributed by atoms with Gasteiger partial charge in [-0.25, -0.2) is 0 Å². The highest BCUT2D eigenvalue weighted by molar-refractivity contribution is 5.78. The smallest absolute Gasteiger partial charge is 0.312 e. The summed E-state index contributed by atoms with van der Waals surface area (Å²) in [6.07, 6.45) is -4.75. The second-order valence-electron chi connectivity index (χ2n) is 13.1. The molecule has 0 unspecified atom stereocenters. The average Bonchev–Trinajstić information content (AvgIpc) is 3.13. The molecule has 256 valence electrons. The molecule has 3 rings (SSSR count). The SMILES string of the molecule is C=C1CC[C@H](OC(C)=O)[C@]2(C)[C@@H](OC(C)=O)C[C@@H](OC(C)=O)C(COC(=O)CC(C)C)=C[C@@H]3OC(=O)[C@H](C)[C@@]3(O)[C@@H](OC(C)=O)[C@@H]12. The number of rotatable bonds is 8. The summed E-state index contributed by atoms with van der Waals surface area (Å²) in [6, 6.07) is 0. The number of carbonyl (C=O) groups is 6. The predicted octanol–water partition coefficient (Wildman–Crippen LogP) is 2.90. The molecule has 0 spiro atoms. The van der Waals surface area contributed by atoms with Crippen LogP contribution < -0.4 is 0 Å². The molecule has 0 amide bonds. The Morgan fingerprint density at radius 1 is 0.978 bits per heavy atom. The Kier molecular flexibility index (Phi) is 11.5. The van der Waals surface area contributed by atoms with Crippen LogP contribution in [-0.2, 0) is 57.2 Å². The molecule has 1 heterocycles. The van der Waals surface area contributed by atoms with Gasteiger partial charge in [-0.3, -0.25) is 28.8 Å². The van der Waals surface area contributed by atoms with E-state index in [1.807, 2.05) is 13.8 Å². The Hall–Kier alpha value is -3.74. The minimum Gasteiger partial charge on any atom is -0.462 e. The van der Waals surface area contributed by atoms with Crippen LogP contribution in [0.3, 0.4) is 0 Å². The summed E-state index contributed by atoms with van der Waals surface area (Å²) < 4.78 is 34.6. The number of hydrogen-bond donors (Lipinski definition) is 1. The summed E-state index contributed by atoms with van der Waals surface area (Å²) in [4.78, 5) is 76.1. The topological polar surface area (TPSA) is 178 Å². The van der Waals surface area contributed by atoms with Crippen molar-refractivity contribution in [2.45, 2.75) is 117 Å². The number of aliphatic hydroxyl groups is 1. The van der Waals surface area contributed by atoms with Crippen LogP contribution in [0.1, 0.15) is 81.1 Å². The molecule has 3 aliphatic rings. The molecular weight excluding hydrogens is 604 g/mol. The maximum absolute atomic E-state index is 13.2. The number of carbonyl (C=O) groups excluding carboxylic acids is 6. The van der Waals surface area contributed by atoms with Crippen molar-refractivity contribution < 1.29 is 62.3 Å². The van der Waals surface area contributed by atoms with E-state index < -0.39 is 95.8 Å². The quantitative estimate of drug-likeness (QED) is 0.231. The molecule has 13 nitrogen and oxygen atoms in total. The summed E-state index contributed by atoms with van der Waals surface area (Å²) in [5.41, 5.74) is -3.14. The third-order valence-electron chi connectivity index (χ3n) is 9.13. The zero-order valence-corrected chi connectivity index (χ0v) is 27.8. The molecular formula is C33H46O13. The maximum Gasteiger partial charge on any atom is 0.312 e. The van der Waals surface area contributed by atoms with E-state index in [1.165, 1.54) is 33.8 Å². The van der Waals surface area contributed by atoms with Gasteiger partial charge < -0.3 is 33.5 Å². The van der Waals surface area contributed by atoms with Crippen LogP contribution in [-0.4, -0.2) is 83.7 Å². The number of ether oxygens (including phenoxy) is 6. The lowest BCUT2D eigenvalue weighted by molar-refractivity contribution is -0.222. The molecule has 1 saturated carbocycles. The zero-order valence-electron chi connectivity index (χ0n) is 27.8.